The molecule has 31 heavy (non-hydrogen) atoms. The van der Waals surface area contributed by atoms with E-state index in [0.29, 0.717) is 36.9 Å². The quantitative estimate of drug-likeness (QED) is 0.591. The van der Waals surface area contributed by atoms with Gasteiger partial charge >= 0.3 is 0 Å². The van der Waals surface area contributed by atoms with E-state index in [9.17, 15) is 13.2 Å². The van der Waals surface area contributed by atoms with E-state index in [0.717, 1.165) is 22.6 Å². The van der Waals surface area contributed by atoms with Gasteiger partial charge < -0.3 is 10.2 Å². The number of sulfonamides is 1. The molecule has 0 bridgehead atoms. The number of anilines is 2. The number of nitrogens with zero attached hydrogens (tertiary/aromatic N) is 2. The van der Waals surface area contributed by atoms with Gasteiger partial charge in [-0.05, 0) is 60.3 Å². The second-order valence-electron chi connectivity index (χ2n) is 7.31. The molecular weight excluding hydrogens is 454 g/mol. The number of hydrogen-bond acceptors (Lipinski definition) is 5. The van der Waals surface area contributed by atoms with Gasteiger partial charge in [-0.1, -0.05) is 23.7 Å². The topological polar surface area (TPSA) is 69.7 Å². The Morgan fingerprint density at radius 3 is 2.42 bits per heavy atom. The van der Waals surface area contributed by atoms with Crippen LogP contribution in [0, 0.1) is 6.92 Å². The number of carbonyl (C=O) groups excluding carboxylic acids is 1. The van der Waals surface area contributed by atoms with Crippen LogP contribution in [0.5, 0.6) is 0 Å². The molecule has 1 aromatic heterocycles. The Labute approximate surface area is 191 Å². The number of thiophene rings is 1. The number of nitrogens with one attached hydrogen (secondary N) is 1. The fraction of sp³-hybridized carbons (Fsp3) is 0.227. The van der Waals surface area contributed by atoms with E-state index in [1.165, 1.54) is 10.4 Å². The second kappa shape index (κ2) is 9.00. The van der Waals surface area contributed by atoms with Crippen LogP contribution in [0.25, 0.3) is 0 Å². The third kappa shape index (κ3) is 4.77. The summed E-state index contributed by atoms with van der Waals surface area (Å²) in [6, 6.07) is 16.4. The summed E-state index contributed by atoms with van der Waals surface area (Å²) in [5.74, 6) is -0.418. The summed E-state index contributed by atoms with van der Waals surface area (Å²) in [5.41, 5.74) is 2.66. The highest BCUT2D eigenvalue weighted by Gasteiger charge is 2.32. The highest BCUT2D eigenvalue weighted by Crippen LogP contribution is 2.28. The van der Waals surface area contributed by atoms with E-state index >= 15 is 0 Å². The summed E-state index contributed by atoms with van der Waals surface area (Å²) < 4.78 is 28.0. The first-order valence-corrected chi connectivity index (χ1v) is 12.5. The van der Waals surface area contributed by atoms with Gasteiger partial charge in [-0.3, -0.25) is 4.79 Å². The van der Waals surface area contributed by atoms with Crippen molar-refractivity contribution in [2.45, 2.75) is 11.8 Å². The fourth-order valence-electron chi connectivity index (χ4n) is 3.55. The first-order valence-electron chi connectivity index (χ1n) is 9.81. The molecule has 0 radical (unpaired) electrons. The van der Waals surface area contributed by atoms with Crippen LogP contribution in [0.2, 0.25) is 5.02 Å². The van der Waals surface area contributed by atoms with E-state index in [4.69, 9.17) is 11.6 Å². The lowest BCUT2D eigenvalue weighted by Gasteiger charge is -2.35. The van der Waals surface area contributed by atoms with Crippen LogP contribution < -0.4 is 10.2 Å². The zero-order valence-corrected chi connectivity index (χ0v) is 19.3. The lowest BCUT2D eigenvalue weighted by molar-refractivity contribution is 0.102. The Hall–Kier alpha value is -2.39. The monoisotopic (exact) mass is 475 g/mol. The maximum atomic E-state index is 13.3. The summed E-state index contributed by atoms with van der Waals surface area (Å²) in [6.45, 7) is 3.76. The molecule has 1 amide bonds. The fourth-order valence-corrected chi connectivity index (χ4v) is 6.40. The molecule has 0 unspecified atom stereocenters. The molecule has 1 N–H and O–H groups in total. The van der Waals surface area contributed by atoms with Crippen LogP contribution >= 0.6 is 22.9 Å². The zero-order chi connectivity index (χ0) is 22.0. The Kier molecular flexibility index (Phi) is 6.34. The van der Waals surface area contributed by atoms with Crippen molar-refractivity contribution in [2.24, 2.45) is 0 Å². The maximum Gasteiger partial charge on any atom is 0.267 e. The van der Waals surface area contributed by atoms with Gasteiger partial charge in [0.25, 0.3) is 5.91 Å². The number of aryl methyl sites for hydroxylation is 1. The van der Waals surface area contributed by atoms with Crippen LogP contribution in [-0.2, 0) is 10.0 Å². The van der Waals surface area contributed by atoms with Gasteiger partial charge in [-0.2, -0.15) is 4.31 Å². The van der Waals surface area contributed by atoms with Gasteiger partial charge in [0.2, 0.25) is 10.0 Å². The standard InChI is InChI=1S/C22H22ClN3O3S2/c1-16-3-2-4-18(15-16)24-22(27)21-20(9-14-30-21)31(28,29)26-12-10-25(11-13-26)19-7-5-17(23)6-8-19/h2-9,14-15H,10-13H2,1H3,(H,24,27). The van der Waals surface area contributed by atoms with Gasteiger partial charge in [0, 0.05) is 42.6 Å². The van der Waals surface area contributed by atoms with E-state index in [1.54, 1.807) is 11.4 Å². The third-order valence-electron chi connectivity index (χ3n) is 5.16. The molecule has 4 rings (SSSR count). The first kappa shape index (κ1) is 21.8. The smallest absolute Gasteiger partial charge is 0.267 e. The largest absolute Gasteiger partial charge is 0.369 e. The number of hydrogen-bond donors (Lipinski definition) is 1. The molecule has 9 heteroatoms. The molecule has 1 fully saturated rings. The van der Waals surface area contributed by atoms with Gasteiger partial charge in [0.15, 0.2) is 0 Å². The summed E-state index contributed by atoms with van der Waals surface area (Å²) in [6.07, 6.45) is 0. The van der Waals surface area contributed by atoms with Crippen molar-refractivity contribution in [1.29, 1.82) is 0 Å². The van der Waals surface area contributed by atoms with Gasteiger partial charge in [0.1, 0.15) is 9.77 Å². The molecule has 0 saturated carbocycles. The predicted molar refractivity (Wildman–Crippen MR) is 126 cm³/mol. The van der Waals surface area contributed by atoms with Crippen LogP contribution in [0.4, 0.5) is 11.4 Å². The normalized spacial score (nSPS) is 15.1. The van der Waals surface area contributed by atoms with Crippen LogP contribution in [0.1, 0.15) is 15.2 Å². The second-order valence-corrected chi connectivity index (χ2v) is 10.6. The van der Waals surface area contributed by atoms with Crippen LogP contribution in [-0.4, -0.2) is 44.8 Å². The van der Waals surface area contributed by atoms with Crippen LogP contribution in [0.3, 0.4) is 0 Å². The average molecular weight is 476 g/mol. The minimum atomic E-state index is -3.77. The molecule has 0 spiro atoms. The summed E-state index contributed by atoms with van der Waals surface area (Å²) >= 11 is 7.08. The Balaban J connectivity index is 1.48. The van der Waals surface area contributed by atoms with Crippen molar-refractivity contribution >= 4 is 50.2 Å². The molecule has 6 nitrogen and oxygen atoms in total. The lowest BCUT2D eigenvalue weighted by atomic mass is 10.2. The molecule has 2 heterocycles. The van der Waals surface area contributed by atoms with Crippen molar-refractivity contribution in [1.82, 2.24) is 4.31 Å². The zero-order valence-electron chi connectivity index (χ0n) is 16.9. The highest BCUT2D eigenvalue weighted by molar-refractivity contribution is 7.89. The summed E-state index contributed by atoms with van der Waals surface area (Å²) in [7, 11) is -3.77. The molecule has 1 aliphatic rings. The van der Waals surface area contributed by atoms with Crippen molar-refractivity contribution in [3.05, 3.63) is 75.4 Å². The number of carbonyl (C=O) groups is 1. The highest BCUT2D eigenvalue weighted by atomic mass is 35.5. The number of benzene rings is 2. The Morgan fingerprint density at radius 1 is 1.03 bits per heavy atom. The van der Waals surface area contributed by atoms with Crippen molar-refractivity contribution in [2.75, 3.05) is 36.4 Å². The summed E-state index contributed by atoms with van der Waals surface area (Å²) in [4.78, 5) is 15.2. The number of halogens is 1. The van der Waals surface area contributed by atoms with E-state index in [-0.39, 0.29) is 9.77 Å². The Morgan fingerprint density at radius 2 is 1.74 bits per heavy atom. The molecule has 2 aromatic carbocycles. The molecular formula is C22H22ClN3O3S2. The summed E-state index contributed by atoms with van der Waals surface area (Å²) in [5, 5.41) is 5.11. The van der Waals surface area contributed by atoms with Gasteiger partial charge in [-0.25, -0.2) is 8.42 Å². The molecule has 1 aliphatic heterocycles. The SMILES string of the molecule is Cc1cccc(NC(=O)c2sccc2S(=O)(=O)N2CCN(c3ccc(Cl)cc3)CC2)c1. The van der Waals surface area contributed by atoms with E-state index < -0.39 is 15.9 Å². The minimum absolute atomic E-state index is 0.0580. The maximum absolute atomic E-state index is 13.3. The average Bonchev–Trinajstić information content (AvgIpc) is 3.26. The molecule has 0 aliphatic carbocycles. The van der Waals surface area contributed by atoms with Crippen LogP contribution in [0.15, 0.2) is 64.9 Å². The van der Waals surface area contributed by atoms with Crippen molar-refractivity contribution < 1.29 is 13.2 Å². The number of piperazine rings is 1. The molecule has 3 aromatic rings. The Bertz CT molecular complexity index is 1180. The van der Waals surface area contributed by atoms with Crippen molar-refractivity contribution in [3.8, 4) is 0 Å². The number of rotatable bonds is 5. The lowest BCUT2D eigenvalue weighted by Crippen LogP contribution is -2.48. The van der Waals surface area contributed by atoms with Crippen molar-refractivity contribution in [3.63, 3.8) is 0 Å². The third-order valence-corrected chi connectivity index (χ3v) is 8.39. The van der Waals surface area contributed by atoms with Gasteiger partial charge in [-0.15, -0.1) is 11.3 Å². The van der Waals surface area contributed by atoms with Gasteiger partial charge in [0.05, 0.1) is 0 Å². The molecule has 0 atom stereocenters. The molecule has 1 saturated heterocycles. The number of amides is 1. The first-order chi connectivity index (χ1) is 14.8. The molecule has 162 valence electrons. The van der Waals surface area contributed by atoms with E-state index in [2.05, 4.69) is 10.2 Å². The van der Waals surface area contributed by atoms with E-state index in [1.807, 2.05) is 49.4 Å². The minimum Gasteiger partial charge on any atom is -0.369 e. The predicted octanol–water partition coefficient (Wildman–Crippen LogP) is 4.47.